The number of rotatable bonds is 1. The summed E-state index contributed by atoms with van der Waals surface area (Å²) in [5.41, 5.74) is 1.12. The molecule has 0 saturated heterocycles. The summed E-state index contributed by atoms with van der Waals surface area (Å²) >= 11 is 0. The van der Waals surface area contributed by atoms with Gasteiger partial charge in [-0.05, 0) is 6.92 Å². The van der Waals surface area contributed by atoms with Crippen LogP contribution in [0.2, 0.25) is 0 Å². The van der Waals surface area contributed by atoms with Crippen LogP contribution in [0.5, 0.6) is 0 Å². The normalized spacial score (nSPS) is 33.6. The Balaban J connectivity index is 2.09. The smallest absolute Gasteiger partial charge is 0.260 e. The first kappa shape index (κ1) is 7.94. The molecule has 0 saturated carbocycles. The number of hydrogen-bond donors (Lipinski definition) is 0. The molecule has 3 aliphatic heterocycles. The van der Waals surface area contributed by atoms with Gasteiger partial charge >= 0.3 is 0 Å². The van der Waals surface area contributed by atoms with E-state index in [1.165, 1.54) is 4.90 Å². The van der Waals surface area contributed by atoms with Crippen molar-refractivity contribution in [3.63, 3.8) is 0 Å². The second-order valence-corrected chi connectivity index (χ2v) is 3.54. The Morgan fingerprint density at radius 3 is 2.14 bits per heavy atom. The van der Waals surface area contributed by atoms with Crippen LogP contribution in [0.4, 0.5) is 0 Å². The molecule has 4 nitrogen and oxygen atoms in total. The van der Waals surface area contributed by atoms with Gasteiger partial charge in [-0.25, -0.2) is 0 Å². The fourth-order valence-corrected chi connectivity index (χ4v) is 2.23. The Bertz CT molecular complexity index is 374. The van der Waals surface area contributed by atoms with Crippen LogP contribution in [0.25, 0.3) is 0 Å². The van der Waals surface area contributed by atoms with Gasteiger partial charge in [-0.15, -0.1) is 0 Å². The predicted octanol–water partition coefficient (Wildman–Crippen LogP) is 0.00890. The molecule has 3 heterocycles. The number of carbonyl (C=O) groups excluding carboxylic acids is 2. The van der Waals surface area contributed by atoms with Crippen molar-refractivity contribution in [1.82, 2.24) is 4.90 Å². The van der Waals surface area contributed by atoms with Gasteiger partial charge in [0.05, 0.1) is 11.1 Å². The van der Waals surface area contributed by atoms with Crippen molar-refractivity contribution in [3.8, 4) is 0 Å². The Kier molecular flexibility index (Phi) is 1.32. The van der Waals surface area contributed by atoms with E-state index in [1.807, 2.05) is 12.2 Å². The molecular weight excluding hydrogens is 182 g/mol. The van der Waals surface area contributed by atoms with Crippen molar-refractivity contribution in [2.75, 3.05) is 6.54 Å². The highest BCUT2D eigenvalue weighted by Crippen LogP contribution is 2.40. The molecule has 0 radical (unpaired) electrons. The lowest BCUT2D eigenvalue weighted by Crippen LogP contribution is -2.34. The van der Waals surface area contributed by atoms with E-state index >= 15 is 0 Å². The van der Waals surface area contributed by atoms with E-state index in [0.717, 1.165) is 0 Å². The molecule has 0 aromatic heterocycles. The van der Waals surface area contributed by atoms with Gasteiger partial charge in [0.15, 0.2) is 0 Å². The van der Waals surface area contributed by atoms with Gasteiger partial charge in [0.2, 0.25) is 0 Å². The molecule has 0 N–H and O–H groups in total. The quantitative estimate of drug-likeness (QED) is 0.433. The molecule has 0 fully saturated rings. The second kappa shape index (κ2) is 2.33. The van der Waals surface area contributed by atoms with Crippen molar-refractivity contribution in [2.45, 2.75) is 19.1 Å². The number of carbonyl (C=O) groups is 2. The molecule has 0 aliphatic carbocycles. The zero-order valence-electron chi connectivity index (χ0n) is 7.69. The van der Waals surface area contributed by atoms with Crippen LogP contribution in [0.15, 0.2) is 23.3 Å². The van der Waals surface area contributed by atoms with Crippen molar-refractivity contribution < 1.29 is 14.3 Å². The monoisotopic (exact) mass is 191 g/mol. The average molecular weight is 191 g/mol. The molecule has 0 aromatic carbocycles. The lowest BCUT2D eigenvalue weighted by molar-refractivity contribution is -0.138. The topological polar surface area (TPSA) is 46.6 Å². The lowest BCUT2D eigenvalue weighted by atomic mass is 9.99. The van der Waals surface area contributed by atoms with E-state index in [0.29, 0.717) is 17.7 Å². The highest BCUT2D eigenvalue weighted by Gasteiger charge is 2.50. The van der Waals surface area contributed by atoms with Gasteiger partial charge < -0.3 is 4.74 Å². The van der Waals surface area contributed by atoms with Gasteiger partial charge in [-0.3, -0.25) is 14.5 Å². The number of amides is 2. The summed E-state index contributed by atoms with van der Waals surface area (Å²) in [5.74, 6) is -0.353. The number of ether oxygens (including phenoxy) is 1. The molecule has 3 aliphatic rings. The zero-order valence-corrected chi connectivity index (χ0v) is 7.69. The third kappa shape index (κ3) is 0.688. The van der Waals surface area contributed by atoms with Gasteiger partial charge in [-0.1, -0.05) is 12.2 Å². The first-order chi connectivity index (χ1) is 6.74. The molecule has 4 heteroatoms. The summed E-state index contributed by atoms with van der Waals surface area (Å²) in [6.45, 7) is 2.23. The van der Waals surface area contributed by atoms with Crippen LogP contribution in [0.3, 0.4) is 0 Å². The summed E-state index contributed by atoms with van der Waals surface area (Å²) in [7, 11) is 0. The molecule has 2 unspecified atom stereocenters. The Labute approximate surface area is 80.8 Å². The standard InChI is InChI=1S/C10H9NO3/c1-2-11-9(12)7-5-3-4-6(14-5)8(7)10(11)13/h3-6H,2H2,1H3. The number of nitrogens with zero attached hydrogens (tertiary/aromatic N) is 1. The van der Waals surface area contributed by atoms with Crippen LogP contribution in [0, 0.1) is 0 Å². The zero-order chi connectivity index (χ0) is 9.87. The number of likely N-dealkylation sites (N-methyl/N-ethyl adjacent to an activating group) is 1. The summed E-state index contributed by atoms with van der Waals surface area (Å²) in [6, 6.07) is 0. The third-order valence-electron chi connectivity index (χ3n) is 2.88. The molecule has 0 aromatic rings. The van der Waals surface area contributed by atoms with Crippen molar-refractivity contribution in [3.05, 3.63) is 23.3 Å². The average Bonchev–Trinajstić information content (AvgIpc) is 2.80. The third-order valence-corrected chi connectivity index (χ3v) is 2.88. The minimum atomic E-state index is -0.275. The first-order valence-electron chi connectivity index (χ1n) is 4.68. The second-order valence-electron chi connectivity index (χ2n) is 3.54. The maximum atomic E-state index is 11.8. The Morgan fingerprint density at radius 2 is 1.71 bits per heavy atom. The van der Waals surface area contributed by atoms with Crippen LogP contribution in [-0.2, 0) is 14.3 Å². The fourth-order valence-electron chi connectivity index (χ4n) is 2.23. The van der Waals surface area contributed by atoms with Crippen LogP contribution < -0.4 is 0 Å². The van der Waals surface area contributed by atoms with Crippen LogP contribution >= 0.6 is 0 Å². The highest BCUT2D eigenvalue weighted by atomic mass is 16.5. The number of fused-ring (bicyclic) bond motifs is 4. The van der Waals surface area contributed by atoms with Gasteiger partial charge in [0.1, 0.15) is 12.2 Å². The number of imide groups is 1. The Hall–Kier alpha value is -1.42. The molecule has 14 heavy (non-hydrogen) atoms. The molecule has 0 spiro atoms. The summed E-state index contributed by atoms with van der Waals surface area (Å²) in [4.78, 5) is 24.8. The van der Waals surface area contributed by atoms with Crippen molar-refractivity contribution in [2.24, 2.45) is 0 Å². The predicted molar refractivity (Wildman–Crippen MR) is 47.2 cm³/mol. The van der Waals surface area contributed by atoms with Crippen molar-refractivity contribution >= 4 is 11.8 Å². The highest BCUT2D eigenvalue weighted by molar-refractivity contribution is 6.21. The van der Waals surface area contributed by atoms with Gasteiger partial charge in [-0.2, -0.15) is 0 Å². The van der Waals surface area contributed by atoms with Crippen molar-refractivity contribution in [1.29, 1.82) is 0 Å². The Morgan fingerprint density at radius 1 is 1.21 bits per heavy atom. The van der Waals surface area contributed by atoms with E-state index in [2.05, 4.69) is 0 Å². The van der Waals surface area contributed by atoms with E-state index in [9.17, 15) is 9.59 Å². The molecule has 3 rings (SSSR count). The summed E-state index contributed by atoms with van der Waals surface area (Å²) in [6.07, 6.45) is 3.13. The first-order valence-corrected chi connectivity index (χ1v) is 4.68. The maximum absolute atomic E-state index is 11.8. The molecule has 2 bridgehead atoms. The van der Waals surface area contributed by atoms with Gasteiger partial charge in [0, 0.05) is 6.54 Å². The van der Waals surface area contributed by atoms with Crippen LogP contribution in [-0.4, -0.2) is 35.5 Å². The molecular formula is C10H9NO3. The fraction of sp³-hybridized carbons (Fsp3) is 0.400. The molecule has 72 valence electrons. The molecule has 2 amide bonds. The van der Waals surface area contributed by atoms with E-state index in [1.54, 1.807) is 6.92 Å². The van der Waals surface area contributed by atoms with Crippen LogP contribution in [0.1, 0.15) is 6.92 Å². The van der Waals surface area contributed by atoms with E-state index in [4.69, 9.17) is 4.74 Å². The minimum absolute atomic E-state index is 0.177. The minimum Gasteiger partial charge on any atom is -0.357 e. The largest absolute Gasteiger partial charge is 0.357 e. The summed E-state index contributed by atoms with van der Waals surface area (Å²) in [5, 5.41) is 0. The number of hydrogen-bond acceptors (Lipinski definition) is 3. The summed E-state index contributed by atoms with van der Waals surface area (Å²) < 4.78 is 5.42. The maximum Gasteiger partial charge on any atom is 0.260 e. The molecule has 2 atom stereocenters. The van der Waals surface area contributed by atoms with Gasteiger partial charge in [0.25, 0.3) is 11.8 Å². The van der Waals surface area contributed by atoms with E-state index in [-0.39, 0.29) is 24.0 Å². The lowest BCUT2D eigenvalue weighted by Gasteiger charge is -2.15. The SMILES string of the molecule is CCN1C(=O)C2=C(C1=O)C1C=CC2O1. The van der Waals surface area contributed by atoms with E-state index < -0.39 is 0 Å².